The van der Waals surface area contributed by atoms with E-state index in [-0.39, 0.29) is 0 Å². The van der Waals surface area contributed by atoms with E-state index in [1.54, 1.807) is 0 Å². The average molecular weight is 267 g/mol. The lowest BCUT2D eigenvalue weighted by Gasteiger charge is -1.98. The van der Waals surface area contributed by atoms with Crippen molar-refractivity contribution >= 4 is 32.4 Å². The standard InChI is InChI=1S/C10H9N3.CH4O3S/c1-2-4-8-7(3-1)10-9(5-11-8)12-6-13-10;1-5(2,3)4/h1-5,12-13H,6H2;1H3,(H,2,3,4). The lowest BCUT2D eigenvalue weighted by molar-refractivity contribution is -0.343. The lowest BCUT2D eigenvalue weighted by atomic mass is 10.2. The maximum absolute atomic E-state index is 9.08. The van der Waals surface area contributed by atoms with Gasteiger partial charge in [-0.15, -0.1) is 0 Å². The van der Waals surface area contributed by atoms with E-state index in [0.717, 1.165) is 17.9 Å². The Morgan fingerprint density at radius 3 is 2.67 bits per heavy atom. The number of pyridine rings is 1. The summed E-state index contributed by atoms with van der Waals surface area (Å²) < 4.78 is 27.2. The molecule has 7 heteroatoms. The minimum atomic E-state index is -3.92. The highest BCUT2D eigenvalue weighted by Crippen LogP contribution is 2.30. The Kier molecular flexibility index (Phi) is 3.35. The van der Waals surface area contributed by atoms with Crippen LogP contribution in [-0.2, 0) is 10.1 Å². The molecule has 1 aliphatic heterocycles. The monoisotopic (exact) mass is 267 g/mol. The van der Waals surface area contributed by atoms with Gasteiger partial charge in [-0.2, -0.15) is 0 Å². The van der Waals surface area contributed by atoms with Crippen molar-refractivity contribution in [2.75, 3.05) is 23.6 Å². The van der Waals surface area contributed by atoms with E-state index in [0.29, 0.717) is 6.26 Å². The van der Waals surface area contributed by atoms with Crippen molar-refractivity contribution in [1.29, 1.82) is 0 Å². The zero-order valence-corrected chi connectivity index (χ0v) is 10.5. The summed E-state index contributed by atoms with van der Waals surface area (Å²) in [5.41, 5.74) is 3.52. The molecule has 0 aliphatic carbocycles. The van der Waals surface area contributed by atoms with Crippen LogP contribution in [0.25, 0.3) is 10.9 Å². The number of anilines is 2. The summed E-state index contributed by atoms with van der Waals surface area (Å²) in [5, 5.41) is 7.80. The van der Waals surface area contributed by atoms with Crippen molar-refractivity contribution in [2.45, 2.75) is 0 Å². The first-order valence-electron chi connectivity index (χ1n) is 5.27. The van der Waals surface area contributed by atoms with Crippen LogP contribution in [0.3, 0.4) is 0 Å². The first-order chi connectivity index (χ1) is 8.45. The van der Waals surface area contributed by atoms with Crippen molar-refractivity contribution in [1.82, 2.24) is 0 Å². The maximum Gasteiger partial charge on any atom is 0.213 e. The van der Waals surface area contributed by atoms with Gasteiger partial charge in [-0.25, -0.2) is 13.4 Å². The molecule has 0 bridgehead atoms. The quantitative estimate of drug-likeness (QED) is 0.682. The van der Waals surface area contributed by atoms with Crippen LogP contribution >= 0.6 is 0 Å². The Bertz CT molecular complexity index is 662. The van der Waals surface area contributed by atoms with Gasteiger partial charge in [0, 0.05) is 12.3 Å². The third-order valence-corrected chi connectivity index (χ3v) is 2.38. The van der Waals surface area contributed by atoms with Crippen LogP contribution in [0.5, 0.6) is 0 Å². The Balaban J connectivity index is 0.000000209. The largest absolute Gasteiger partial charge is 0.748 e. The van der Waals surface area contributed by atoms with Crippen LogP contribution in [0.4, 0.5) is 11.4 Å². The number of para-hydroxylation sites is 1. The summed E-state index contributed by atoms with van der Waals surface area (Å²) in [5.74, 6) is 0. The highest BCUT2D eigenvalue weighted by atomic mass is 32.2. The molecule has 3 rings (SSSR count). The Hall–Kier alpha value is -1.86. The van der Waals surface area contributed by atoms with E-state index in [9.17, 15) is 0 Å². The highest BCUT2D eigenvalue weighted by molar-refractivity contribution is 7.84. The summed E-state index contributed by atoms with van der Waals surface area (Å²) >= 11 is 0. The molecule has 18 heavy (non-hydrogen) atoms. The highest BCUT2D eigenvalue weighted by Gasteiger charge is 2.15. The third-order valence-electron chi connectivity index (χ3n) is 2.38. The van der Waals surface area contributed by atoms with Crippen LogP contribution < -0.4 is 15.6 Å². The van der Waals surface area contributed by atoms with E-state index in [2.05, 4.69) is 33.8 Å². The van der Waals surface area contributed by atoms with E-state index in [1.807, 2.05) is 12.3 Å². The number of fused-ring (bicyclic) bond motifs is 3. The molecule has 0 unspecified atom stereocenters. The van der Waals surface area contributed by atoms with Crippen LogP contribution in [0.15, 0.2) is 30.5 Å². The fourth-order valence-corrected chi connectivity index (χ4v) is 1.75. The van der Waals surface area contributed by atoms with Gasteiger partial charge in [0.1, 0.15) is 5.69 Å². The zero-order valence-electron chi connectivity index (χ0n) is 9.73. The van der Waals surface area contributed by atoms with E-state index in [4.69, 9.17) is 13.0 Å². The lowest BCUT2D eigenvalue weighted by Crippen LogP contribution is -2.03. The van der Waals surface area contributed by atoms with Crippen molar-refractivity contribution in [3.05, 3.63) is 30.5 Å². The number of rotatable bonds is 0. The first kappa shape index (κ1) is 12.6. The van der Waals surface area contributed by atoms with E-state index in [1.165, 1.54) is 11.1 Å². The molecule has 0 radical (unpaired) electrons. The molecule has 0 spiro atoms. The van der Waals surface area contributed by atoms with Gasteiger partial charge in [0.25, 0.3) is 0 Å². The number of aromatic nitrogens is 1. The van der Waals surface area contributed by atoms with Gasteiger partial charge in [-0.3, -0.25) is 0 Å². The zero-order chi connectivity index (χ0) is 13.2. The van der Waals surface area contributed by atoms with Gasteiger partial charge in [-0.05, 0) is 6.07 Å². The van der Waals surface area contributed by atoms with Crippen molar-refractivity contribution < 1.29 is 18.0 Å². The minimum absolute atomic E-state index is 0.604. The minimum Gasteiger partial charge on any atom is -0.748 e. The van der Waals surface area contributed by atoms with Crippen LogP contribution in [0.2, 0.25) is 0 Å². The topological polar surface area (TPSA) is 95.4 Å². The molecule has 6 nitrogen and oxygen atoms in total. The molecule has 3 N–H and O–H groups in total. The Morgan fingerprint density at radius 1 is 1.28 bits per heavy atom. The molecule has 1 aromatic carbocycles. The molecule has 0 saturated heterocycles. The molecule has 0 atom stereocenters. The third kappa shape index (κ3) is 3.08. The Labute approximate surface area is 105 Å². The van der Waals surface area contributed by atoms with Crippen LogP contribution in [0, 0.1) is 0 Å². The van der Waals surface area contributed by atoms with Gasteiger partial charge in [0.2, 0.25) is 5.52 Å². The second-order valence-corrected chi connectivity index (χ2v) is 5.27. The number of nitrogens with one attached hydrogen (secondary N) is 3. The van der Waals surface area contributed by atoms with Crippen molar-refractivity contribution in [3.63, 3.8) is 0 Å². The Morgan fingerprint density at radius 2 is 1.94 bits per heavy atom. The summed E-state index contributed by atoms with van der Waals surface area (Å²) in [6.07, 6.45) is 2.60. The fourth-order valence-electron chi connectivity index (χ4n) is 1.75. The van der Waals surface area contributed by atoms with Crippen molar-refractivity contribution in [2.24, 2.45) is 0 Å². The summed E-state index contributed by atoms with van der Waals surface area (Å²) in [6, 6.07) is 8.28. The smallest absolute Gasteiger partial charge is 0.213 e. The molecule has 0 saturated carbocycles. The summed E-state index contributed by atoms with van der Waals surface area (Å²) in [7, 11) is -3.92. The van der Waals surface area contributed by atoms with Gasteiger partial charge < -0.3 is 15.2 Å². The second kappa shape index (κ2) is 4.79. The molecule has 0 amide bonds. The normalized spacial score (nSPS) is 13.0. The van der Waals surface area contributed by atoms with Crippen molar-refractivity contribution in [3.8, 4) is 0 Å². The number of benzene rings is 1. The SMILES string of the molecule is CS(=O)(=O)[O-].c1ccc2c3c(c[nH+]c2c1)NCN3. The molecule has 1 aromatic heterocycles. The predicted octanol–water partition coefficient (Wildman–Crippen LogP) is 0.610. The molecule has 1 aliphatic rings. The molecular formula is C11H13N3O3S. The fraction of sp³-hybridized carbons (Fsp3) is 0.182. The molecule has 96 valence electrons. The molecule has 0 fully saturated rings. The summed E-state index contributed by atoms with van der Waals surface area (Å²) in [6.45, 7) is 0.817. The number of hydrogen-bond donors (Lipinski definition) is 2. The van der Waals surface area contributed by atoms with Crippen LogP contribution in [-0.4, -0.2) is 25.9 Å². The average Bonchev–Trinajstić information content (AvgIpc) is 2.75. The number of H-pyrrole nitrogens is 1. The number of aromatic amines is 1. The molecule has 2 aromatic rings. The maximum atomic E-state index is 9.08. The van der Waals surface area contributed by atoms with Crippen LogP contribution in [0.1, 0.15) is 0 Å². The van der Waals surface area contributed by atoms with Gasteiger partial charge in [0.05, 0.1) is 27.9 Å². The van der Waals surface area contributed by atoms with Gasteiger partial charge in [0.15, 0.2) is 6.20 Å². The van der Waals surface area contributed by atoms with E-state index < -0.39 is 10.1 Å². The van der Waals surface area contributed by atoms with E-state index >= 15 is 0 Å². The first-order valence-corrected chi connectivity index (χ1v) is 7.09. The van der Waals surface area contributed by atoms with Gasteiger partial charge in [-0.1, -0.05) is 12.1 Å². The molecular weight excluding hydrogens is 254 g/mol. The second-order valence-electron chi connectivity index (χ2n) is 3.86. The number of hydrogen-bond acceptors (Lipinski definition) is 5. The van der Waals surface area contributed by atoms with Gasteiger partial charge >= 0.3 is 0 Å². The summed E-state index contributed by atoms with van der Waals surface area (Å²) in [4.78, 5) is 3.25. The molecule has 2 heterocycles. The predicted molar refractivity (Wildman–Crippen MR) is 68.2 cm³/mol.